The molecule has 5 heteroatoms. The molecular formula is C14H14BrNO3. The maximum atomic E-state index is 11.1. The van der Waals surface area contributed by atoms with E-state index in [9.17, 15) is 4.79 Å². The molecule has 1 heterocycles. The molecule has 0 unspecified atom stereocenters. The summed E-state index contributed by atoms with van der Waals surface area (Å²) >= 11 is 3.30. The molecule has 0 spiro atoms. The Morgan fingerprint density at radius 3 is 2.63 bits per heavy atom. The van der Waals surface area contributed by atoms with E-state index in [0.717, 1.165) is 22.2 Å². The zero-order chi connectivity index (χ0) is 13.8. The largest absolute Gasteiger partial charge is 0.497 e. The highest BCUT2D eigenvalue weighted by molar-refractivity contribution is 9.10. The molecule has 1 aromatic heterocycles. The number of rotatable bonds is 5. The Kier molecular flexibility index (Phi) is 4.27. The van der Waals surface area contributed by atoms with E-state index in [1.54, 1.807) is 23.9 Å². The summed E-state index contributed by atoms with van der Waals surface area (Å²) in [4.78, 5) is 11.1. The van der Waals surface area contributed by atoms with Crippen molar-refractivity contribution < 1.29 is 14.6 Å². The van der Waals surface area contributed by atoms with Crippen molar-refractivity contribution >= 4 is 21.9 Å². The van der Waals surface area contributed by atoms with E-state index in [1.807, 2.05) is 24.3 Å². The van der Waals surface area contributed by atoms with Crippen molar-refractivity contribution in [1.29, 1.82) is 0 Å². The van der Waals surface area contributed by atoms with Crippen molar-refractivity contribution in [2.75, 3.05) is 7.11 Å². The molecule has 2 rings (SSSR count). The van der Waals surface area contributed by atoms with Gasteiger partial charge in [0.05, 0.1) is 7.11 Å². The number of carbonyl (C=O) groups is 1. The lowest BCUT2D eigenvalue weighted by Crippen LogP contribution is -2.09. The van der Waals surface area contributed by atoms with Gasteiger partial charge in [0.25, 0.3) is 0 Å². The third-order valence-corrected chi connectivity index (χ3v) is 3.32. The Balaban J connectivity index is 2.07. The molecule has 19 heavy (non-hydrogen) atoms. The van der Waals surface area contributed by atoms with E-state index in [-0.39, 0.29) is 0 Å². The molecule has 0 radical (unpaired) electrons. The first kappa shape index (κ1) is 13.7. The van der Waals surface area contributed by atoms with E-state index >= 15 is 0 Å². The van der Waals surface area contributed by atoms with Gasteiger partial charge < -0.3 is 14.4 Å². The van der Waals surface area contributed by atoms with Gasteiger partial charge in [0, 0.05) is 17.2 Å². The van der Waals surface area contributed by atoms with Crippen molar-refractivity contribution in [2.24, 2.45) is 0 Å². The minimum atomic E-state index is -0.916. The number of aromatic carboxylic acids is 1. The van der Waals surface area contributed by atoms with Crippen molar-refractivity contribution in [3.8, 4) is 5.75 Å². The molecule has 1 N–H and O–H groups in total. The number of hydrogen-bond acceptors (Lipinski definition) is 2. The smallest absolute Gasteiger partial charge is 0.352 e. The second-order valence-electron chi connectivity index (χ2n) is 4.14. The predicted molar refractivity (Wildman–Crippen MR) is 75.8 cm³/mol. The Morgan fingerprint density at radius 1 is 1.37 bits per heavy atom. The summed E-state index contributed by atoms with van der Waals surface area (Å²) in [6.45, 7) is 0.625. The van der Waals surface area contributed by atoms with Crippen molar-refractivity contribution in [3.05, 3.63) is 52.3 Å². The molecule has 0 amide bonds. The average Bonchev–Trinajstić information content (AvgIpc) is 2.78. The van der Waals surface area contributed by atoms with Crippen LogP contribution in [0, 0.1) is 0 Å². The Bertz CT molecular complexity index is 575. The molecule has 0 aliphatic rings. The van der Waals surface area contributed by atoms with E-state index in [1.165, 1.54) is 0 Å². The second-order valence-corrected chi connectivity index (χ2v) is 5.06. The fourth-order valence-corrected chi connectivity index (χ4v) is 2.34. The number of nitrogens with zero attached hydrogens (tertiary/aromatic N) is 1. The summed E-state index contributed by atoms with van der Waals surface area (Å²) in [7, 11) is 1.63. The van der Waals surface area contributed by atoms with Gasteiger partial charge in [-0.1, -0.05) is 12.1 Å². The molecule has 100 valence electrons. The van der Waals surface area contributed by atoms with Gasteiger partial charge in [-0.05, 0) is 46.1 Å². The van der Waals surface area contributed by atoms with E-state index in [2.05, 4.69) is 15.9 Å². The molecule has 0 bridgehead atoms. The first-order valence-electron chi connectivity index (χ1n) is 5.82. The standard InChI is InChI=1S/C14H14BrNO3/c1-19-12-4-2-10(3-5-12)6-7-16-9-11(15)8-13(16)14(17)18/h2-5,8-9H,6-7H2,1H3,(H,17,18). The third-order valence-electron chi connectivity index (χ3n) is 2.88. The topological polar surface area (TPSA) is 51.5 Å². The molecule has 4 nitrogen and oxygen atoms in total. The van der Waals surface area contributed by atoms with Crippen LogP contribution in [-0.4, -0.2) is 22.8 Å². The van der Waals surface area contributed by atoms with Crippen molar-refractivity contribution in [3.63, 3.8) is 0 Å². The van der Waals surface area contributed by atoms with Crippen LogP contribution in [0.25, 0.3) is 0 Å². The van der Waals surface area contributed by atoms with Gasteiger partial charge in [0.2, 0.25) is 0 Å². The molecule has 2 aromatic rings. The van der Waals surface area contributed by atoms with Crippen LogP contribution in [-0.2, 0) is 13.0 Å². The van der Waals surface area contributed by atoms with Gasteiger partial charge in [-0.25, -0.2) is 4.79 Å². The Morgan fingerprint density at radius 2 is 2.05 bits per heavy atom. The normalized spacial score (nSPS) is 10.4. The number of aromatic nitrogens is 1. The quantitative estimate of drug-likeness (QED) is 0.919. The predicted octanol–water partition coefficient (Wildman–Crippen LogP) is 3.20. The van der Waals surface area contributed by atoms with Crippen molar-refractivity contribution in [1.82, 2.24) is 4.57 Å². The molecule has 0 fully saturated rings. The lowest BCUT2D eigenvalue weighted by molar-refractivity contribution is 0.0685. The van der Waals surface area contributed by atoms with Crippen LogP contribution in [0.15, 0.2) is 41.0 Å². The molecule has 0 saturated heterocycles. The number of benzene rings is 1. The van der Waals surface area contributed by atoms with Crippen molar-refractivity contribution in [2.45, 2.75) is 13.0 Å². The van der Waals surface area contributed by atoms with E-state index < -0.39 is 5.97 Å². The highest BCUT2D eigenvalue weighted by Crippen LogP contribution is 2.17. The number of carboxylic acid groups (broad SMARTS) is 1. The lowest BCUT2D eigenvalue weighted by Gasteiger charge is -2.07. The molecule has 1 aromatic carbocycles. The number of methoxy groups -OCH3 is 1. The van der Waals surface area contributed by atoms with Gasteiger partial charge in [-0.2, -0.15) is 0 Å². The first-order valence-corrected chi connectivity index (χ1v) is 6.61. The zero-order valence-electron chi connectivity index (χ0n) is 10.5. The number of carboxylic acids is 1. The first-order chi connectivity index (χ1) is 9.10. The summed E-state index contributed by atoms with van der Waals surface area (Å²) in [6, 6.07) is 9.38. The van der Waals surface area contributed by atoms with Gasteiger partial charge in [0.1, 0.15) is 11.4 Å². The van der Waals surface area contributed by atoms with Crippen LogP contribution in [0.2, 0.25) is 0 Å². The van der Waals surface area contributed by atoms with Crippen LogP contribution >= 0.6 is 15.9 Å². The molecule has 0 aliphatic heterocycles. The SMILES string of the molecule is COc1ccc(CCn2cc(Br)cc2C(=O)O)cc1. The second kappa shape index (κ2) is 5.93. The van der Waals surface area contributed by atoms with Crippen LogP contribution < -0.4 is 4.74 Å². The maximum absolute atomic E-state index is 11.1. The van der Waals surface area contributed by atoms with E-state index in [0.29, 0.717) is 12.2 Å². The van der Waals surface area contributed by atoms with Crippen LogP contribution in [0.4, 0.5) is 0 Å². The fraction of sp³-hybridized carbons (Fsp3) is 0.214. The zero-order valence-corrected chi connectivity index (χ0v) is 12.1. The van der Waals surface area contributed by atoms with Gasteiger partial charge in [-0.15, -0.1) is 0 Å². The summed E-state index contributed by atoms with van der Waals surface area (Å²) in [5, 5.41) is 9.09. The third kappa shape index (κ3) is 3.38. The maximum Gasteiger partial charge on any atom is 0.352 e. The monoisotopic (exact) mass is 323 g/mol. The van der Waals surface area contributed by atoms with E-state index in [4.69, 9.17) is 9.84 Å². The number of aryl methyl sites for hydroxylation is 2. The summed E-state index contributed by atoms with van der Waals surface area (Å²) in [5.41, 5.74) is 1.43. The van der Waals surface area contributed by atoms with Gasteiger partial charge >= 0.3 is 5.97 Å². The summed E-state index contributed by atoms with van der Waals surface area (Å²) in [5.74, 6) is -0.0980. The lowest BCUT2D eigenvalue weighted by atomic mass is 10.1. The Labute approximate surface area is 119 Å². The van der Waals surface area contributed by atoms with Crippen LogP contribution in [0.3, 0.4) is 0 Å². The number of ether oxygens (including phenoxy) is 1. The summed E-state index contributed by atoms with van der Waals surface area (Å²) < 4.78 is 7.61. The minimum absolute atomic E-state index is 0.292. The molecular weight excluding hydrogens is 310 g/mol. The number of hydrogen-bond donors (Lipinski definition) is 1. The Hall–Kier alpha value is -1.75. The molecule has 0 atom stereocenters. The van der Waals surface area contributed by atoms with Gasteiger partial charge in [0.15, 0.2) is 0 Å². The highest BCUT2D eigenvalue weighted by Gasteiger charge is 2.11. The molecule has 0 saturated carbocycles. The van der Waals surface area contributed by atoms with Gasteiger partial charge in [-0.3, -0.25) is 0 Å². The fourth-order valence-electron chi connectivity index (χ4n) is 1.88. The van der Waals surface area contributed by atoms with Crippen LogP contribution in [0.5, 0.6) is 5.75 Å². The summed E-state index contributed by atoms with van der Waals surface area (Å²) in [6.07, 6.45) is 2.55. The minimum Gasteiger partial charge on any atom is -0.497 e. The molecule has 0 aliphatic carbocycles. The highest BCUT2D eigenvalue weighted by atomic mass is 79.9. The number of halogens is 1. The average molecular weight is 324 g/mol. The van der Waals surface area contributed by atoms with Crippen LogP contribution in [0.1, 0.15) is 16.1 Å².